The van der Waals surface area contributed by atoms with E-state index in [0.29, 0.717) is 17.1 Å². The smallest absolute Gasteiger partial charge is 0.277 e. The Morgan fingerprint density at radius 1 is 1.04 bits per heavy atom. The summed E-state index contributed by atoms with van der Waals surface area (Å²) < 4.78 is 29.3. The van der Waals surface area contributed by atoms with E-state index in [-0.39, 0.29) is 22.7 Å². The van der Waals surface area contributed by atoms with Crippen LogP contribution in [0.2, 0.25) is 0 Å². The van der Waals surface area contributed by atoms with Gasteiger partial charge in [-0.25, -0.2) is 4.39 Å². The summed E-state index contributed by atoms with van der Waals surface area (Å²) in [5.41, 5.74) is 0.577. The third-order valence-corrected chi connectivity index (χ3v) is 4.85. The average Bonchev–Trinajstić information content (AvgIpc) is 3.18. The Morgan fingerprint density at radius 3 is 2.32 bits per heavy atom. The van der Waals surface area contributed by atoms with Gasteiger partial charge in [-0.15, -0.1) is 10.2 Å². The quantitative estimate of drug-likeness (QED) is 0.399. The highest BCUT2D eigenvalue weighted by Crippen LogP contribution is 2.28. The summed E-state index contributed by atoms with van der Waals surface area (Å²) in [6.07, 6.45) is -0.514. The molecule has 28 heavy (non-hydrogen) atoms. The van der Waals surface area contributed by atoms with Gasteiger partial charge in [-0.05, 0) is 62.4 Å². The largest absolute Gasteiger partial charge is 0.497 e. The number of carbonyl (C=O) groups excluding carboxylic acids is 1. The first-order valence-electron chi connectivity index (χ1n) is 8.57. The van der Waals surface area contributed by atoms with E-state index in [2.05, 4.69) is 10.2 Å². The Morgan fingerprint density at radius 2 is 1.68 bits per heavy atom. The topological polar surface area (TPSA) is 74.5 Å². The third kappa shape index (κ3) is 4.89. The van der Waals surface area contributed by atoms with Gasteiger partial charge < -0.3 is 13.9 Å². The maximum Gasteiger partial charge on any atom is 0.277 e. The van der Waals surface area contributed by atoms with E-state index < -0.39 is 11.4 Å². The molecule has 0 aliphatic heterocycles. The third-order valence-electron chi connectivity index (χ3n) is 3.92. The molecule has 2 atom stereocenters. The van der Waals surface area contributed by atoms with Crippen LogP contribution < -0.4 is 9.47 Å². The minimum absolute atomic E-state index is 0.0528. The highest BCUT2D eigenvalue weighted by Gasteiger charge is 2.22. The molecule has 1 aromatic heterocycles. The number of rotatable bonds is 8. The van der Waals surface area contributed by atoms with E-state index in [1.807, 2.05) is 0 Å². The second kappa shape index (κ2) is 8.88. The predicted molar refractivity (Wildman–Crippen MR) is 102 cm³/mol. The first-order valence-corrected chi connectivity index (χ1v) is 9.45. The molecule has 0 bridgehead atoms. The van der Waals surface area contributed by atoms with Gasteiger partial charge in [-0.1, -0.05) is 11.8 Å². The van der Waals surface area contributed by atoms with Crippen molar-refractivity contribution in [3.63, 3.8) is 0 Å². The summed E-state index contributed by atoms with van der Waals surface area (Å²) in [7, 11) is 1.57. The number of thioether (sulfide) groups is 1. The van der Waals surface area contributed by atoms with Crippen molar-refractivity contribution in [2.75, 3.05) is 7.11 Å². The van der Waals surface area contributed by atoms with E-state index >= 15 is 0 Å². The van der Waals surface area contributed by atoms with Crippen molar-refractivity contribution in [2.24, 2.45) is 0 Å². The molecule has 1 heterocycles. The van der Waals surface area contributed by atoms with E-state index in [4.69, 9.17) is 13.9 Å². The van der Waals surface area contributed by atoms with Crippen LogP contribution in [0, 0.1) is 5.82 Å². The molecule has 0 aliphatic carbocycles. The molecule has 0 saturated heterocycles. The highest BCUT2D eigenvalue weighted by molar-refractivity contribution is 8.00. The molecule has 0 fully saturated rings. The lowest BCUT2D eigenvalue weighted by molar-refractivity contribution is 0.0993. The van der Waals surface area contributed by atoms with Crippen LogP contribution >= 0.6 is 11.8 Å². The lowest BCUT2D eigenvalue weighted by Crippen LogP contribution is -2.13. The van der Waals surface area contributed by atoms with Crippen LogP contribution in [0.4, 0.5) is 4.39 Å². The van der Waals surface area contributed by atoms with Crippen LogP contribution in [0.3, 0.4) is 0 Å². The van der Waals surface area contributed by atoms with Crippen molar-refractivity contribution in [2.45, 2.75) is 30.4 Å². The number of ether oxygens (including phenoxy) is 2. The lowest BCUT2D eigenvalue weighted by atomic mass is 10.1. The molecule has 2 unspecified atom stereocenters. The minimum Gasteiger partial charge on any atom is -0.497 e. The number of carbonyl (C=O) groups is 1. The number of aromatic nitrogens is 2. The molecule has 0 saturated carbocycles. The van der Waals surface area contributed by atoms with Gasteiger partial charge in [0.2, 0.25) is 0 Å². The van der Waals surface area contributed by atoms with Crippen LogP contribution in [0.25, 0.3) is 0 Å². The summed E-state index contributed by atoms with van der Waals surface area (Å²) in [6, 6.07) is 12.6. The van der Waals surface area contributed by atoms with Gasteiger partial charge in [-0.3, -0.25) is 4.79 Å². The lowest BCUT2D eigenvalue weighted by Gasteiger charge is -2.10. The zero-order chi connectivity index (χ0) is 20.1. The number of methoxy groups -OCH3 is 1. The Balaban J connectivity index is 1.61. The predicted octanol–water partition coefficient (Wildman–Crippen LogP) is 4.72. The first-order chi connectivity index (χ1) is 13.5. The molecule has 0 amide bonds. The SMILES string of the molecule is COc1ccc(C(=O)C(C)Sc2nnc(C(C)Oc3ccc(F)cc3)o2)cc1. The van der Waals surface area contributed by atoms with Crippen LogP contribution in [0.5, 0.6) is 11.5 Å². The second-order valence-electron chi connectivity index (χ2n) is 5.97. The molecular weight excluding hydrogens is 383 g/mol. The molecule has 8 heteroatoms. The van der Waals surface area contributed by atoms with Crippen molar-refractivity contribution in [1.82, 2.24) is 10.2 Å². The van der Waals surface area contributed by atoms with Crippen molar-refractivity contribution in [3.8, 4) is 11.5 Å². The number of hydrogen-bond acceptors (Lipinski definition) is 7. The van der Waals surface area contributed by atoms with Gasteiger partial charge in [0.05, 0.1) is 12.4 Å². The summed E-state index contributed by atoms with van der Waals surface area (Å²) in [5.74, 6) is 1.06. The van der Waals surface area contributed by atoms with Crippen LogP contribution in [0.15, 0.2) is 58.2 Å². The summed E-state index contributed by atoms with van der Waals surface area (Å²) in [4.78, 5) is 12.6. The molecule has 3 rings (SSSR count). The fourth-order valence-electron chi connectivity index (χ4n) is 2.39. The minimum atomic E-state index is -0.514. The number of hydrogen-bond donors (Lipinski definition) is 0. The standard InChI is InChI=1S/C20H19FN2O4S/c1-12(26-17-10-6-15(21)7-11-17)19-22-23-20(27-19)28-13(2)18(24)14-4-8-16(25-3)9-5-14/h4-13H,1-3H3. The summed E-state index contributed by atoms with van der Waals surface area (Å²) >= 11 is 1.18. The monoisotopic (exact) mass is 402 g/mol. The van der Waals surface area contributed by atoms with Gasteiger partial charge in [0.25, 0.3) is 11.1 Å². The maximum absolute atomic E-state index is 13.0. The summed E-state index contributed by atoms with van der Waals surface area (Å²) in [5, 5.41) is 7.81. The Labute approximate surface area is 166 Å². The van der Waals surface area contributed by atoms with Crippen molar-refractivity contribution >= 4 is 17.5 Å². The van der Waals surface area contributed by atoms with Crippen LogP contribution in [0.1, 0.15) is 36.2 Å². The molecule has 2 aromatic carbocycles. The van der Waals surface area contributed by atoms with Gasteiger partial charge in [0, 0.05) is 5.56 Å². The number of halogens is 1. The number of nitrogens with zero attached hydrogens (tertiary/aromatic N) is 2. The zero-order valence-electron chi connectivity index (χ0n) is 15.6. The molecule has 3 aromatic rings. The number of benzene rings is 2. The molecule has 0 radical (unpaired) electrons. The van der Waals surface area contributed by atoms with Gasteiger partial charge >= 0.3 is 0 Å². The van der Waals surface area contributed by atoms with Crippen LogP contribution in [-0.2, 0) is 0 Å². The van der Waals surface area contributed by atoms with Crippen molar-refractivity contribution in [1.29, 1.82) is 0 Å². The fourth-order valence-corrected chi connectivity index (χ4v) is 3.16. The molecule has 0 N–H and O–H groups in total. The summed E-state index contributed by atoms with van der Waals surface area (Å²) in [6.45, 7) is 3.52. The molecule has 146 valence electrons. The van der Waals surface area contributed by atoms with Gasteiger partial charge in [0.1, 0.15) is 17.3 Å². The average molecular weight is 402 g/mol. The number of Topliss-reactive ketones (excluding diaryl/α,β-unsaturated/α-hetero) is 1. The Kier molecular flexibility index (Phi) is 6.30. The highest BCUT2D eigenvalue weighted by atomic mass is 32.2. The van der Waals surface area contributed by atoms with Gasteiger partial charge in [0.15, 0.2) is 11.9 Å². The fraction of sp³-hybridized carbons (Fsp3) is 0.250. The van der Waals surface area contributed by atoms with E-state index in [0.717, 1.165) is 0 Å². The van der Waals surface area contributed by atoms with E-state index in [9.17, 15) is 9.18 Å². The Bertz CT molecular complexity index is 928. The number of ketones is 1. The van der Waals surface area contributed by atoms with Gasteiger partial charge in [-0.2, -0.15) is 0 Å². The van der Waals surface area contributed by atoms with Crippen molar-refractivity contribution < 1.29 is 23.1 Å². The molecule has 0 spiro atoms. The first kappa shape index (κ1) is 19.9. The maximum atomic E-state index is 13.0. The van der Waals surface area contributed by atoms with Crippen molar-refractivity contribution in [3.05, 3.63) is 65.8 Å². The van der Waals surface area contributed by atoms with E-state index in [1.165, 1.54) is 36.0 Å². The normalized spacial score (nSPS) is 13.0. The van der Waals surface area contributed by atoms with Crippen LogP contribution in [-0.4, -0.2) is 28.3 Å². The molecule has 0 aliphatic rings. The molecular formula is C20H19FN2O4S. The second-order valence-corrected chi connectivity index (χ2v) is 7.27. The Hall–Kier alpha value is -2.87. The van der Waals surface area contributed by atoms with E-state index in [1.54, 1.807) is 45.2 Å². The zero-order valence-corrected chi connectivity index (χ0v) is 16.4. The molecule has 6 nitrogen and oxygen atoms in total.